The fourth-order valence-electron chi connectivity index (χ4n) is 2.41. The molecular weight excluding hydrogens is 300 g/mol. The molecule has 1 aliphatic heterocycles. The van der Waals surface area contributed by atoms with Crippen molar-refractivity contribution in [1.82, 2.24) is 20.2 Å². The second-order valence-corrected chi connectivity index (χ2v) is 6.24. The lowest BCUT2D eigenvalue weighted by molar-refractivity contribution is -0.121. The van der Waals surface area contributed by atoms with E-state index in [-0.39, 0.29) is 17.7 Å². The number of aromatic nitrogens is 2. The van der Waals surface area contributed by atoms with Crippen molar-refractivity contribution in [2.75, 3.05) is 25.4 Å². The van der Waals surface area contributed by atoms with E-state index in [4.69, 9.17) is 0 Å². The molecule has 3 rings (SSSR count). The van der Waals surface area contributed by atoms with Crippen LogP contribution in [0.4, 0.5) is 4.79 Å². The molecule has 2 heterocycles. The third-order valence-corrected chi connectivity index (χ3v) is 4.42. The van der Waals surface area contributed by atoms with Crippen LogP contribution in [0.25, 0.3) is 11.0 Å². The van der Waals surface area contributed by atoms with Gasteiger partial charge in [-0.25, -0.2) is 4.98 Å². The molecule has 2 aromatic rings. The van der Waals surface area contributed by atoms with Gasteiger partial charge in [0.05, 0.1) is 11.0 Å². The van der Waals surface area contributed by atoms with Crippen molar-refractivity contribution in [3.05, 3.63) is 30.1 Å². The molecule has 1 aromatic heterocycles. The van der Waals surface area contributed by atoms with Crippen molar-refractivity contribution in [3.63, 3.8) is 0 Å². The summed E-state index contributed by atoms with van der Waals surface area (Å²) in [6, 6.07) is 7.91. The van der Waals surface area contributed by atoms with Crippen LogP contribution in [0.15, 0.2) is 24.3 Å². The van der Waals surface area contributed by atoms with Crippen LogP contribution in [-0.2, 0) is 11.2 Å². The van der Waals surface area contributed by atoms with Crippen LogP contribution >= 0.6 is 11.8 Å². The molecule has 0 radical (unpaired) electrons. The first kappa shape index (κ1) is 14.9. The first-order valence-corrected chi connectivity index (χ1v) is 8.33. The van der Waals surface area contributed by atoms with Crippen LogP contribution in [0, 0.1) is 0 Å². The van der Waals surface area contributed by atoms with E-state index < -0.39 is 0 Å². The summed E-state index contributed by atoms with van der Waals surface area (Å²) in [6.07, 6.45) is 1.60. The minimum Gasteiger partial charge on any atom is -0.355 e. The summed E-state index contributed by atoms with van der Waals surface area (Å²) in [4.78, 5) is 32.5. The molecule has 1 aromatic carbocycles. The zero-order valence-corrected chi connectivity index (χ0v) is 13.0. The summed E-state index contributed by atoms with van der Waals surface area (Å²) in [7, 11) is 0. The quantitative estimate of drug-likeness (QED) is 0.796. The maximum Gasteiger partial charge on any atom is 0.282 e. The number of thioether (sulfide) groups is 1. The third kappa shape index (κ3) is 3.59. The summed E-state index contributed by atoms with van der Waals surface area (Å²) in [5, 5.41) is 2.85. The van der Waals surface area contributed by atoms with Crippen molar-refractivity contribution in [3.8, 4) is 0 Å². The second kappa shape index (κ2) is 6.83. The number of carbonyl (C=O) groups excluding carboxylic acids is 2. The number of carbonyl (C=O) groups is 2. The maximum atomic E-state index is 11.8. The molecule has 0 bridgehead atoms. The predicted octanol–water partition coefficient (Wildman–Crippen LogP) is 1.78. The average molecular weight is 318 g/mol. The van der Waals surface area contributed by atoms with Gasteiger partial charge in [-0.3, -0.25) is 9.59 Å². The van der Waals surface area contributed by atoms with Gasteiger partial charge in [-0.15, -0.1) is 0 Å². The summed E-state index contributed by atoms with van der Waals surface area (Å²) in [5.74, 6) is 1.61. The van der Waals surface area contributed by atoms with E-state index in [1.54, 1.807) is 4.90 Å². The van der Waals surface area contributed by atoms with E-state index in [0.29, 0.717) is 13.1 Å². The second-order valence-electron chi connectivity index (χ2n) is 5.19. The number of para-hydroxylation sites is 2. The number of amides is 2. The zero-order chi connectivity index (χ0) is 15.4. The van der Waals surface area contributed by atoms with Crippen LogP contribution in [0.5, 0.6) is 0 Å². The lowest BCUT2D eigenvalue weighted by Crippen LogP contribution is -2.37. The molecule has 0 atom stereocenters. The molecule has 116 valence electrons. The molecule has 7 heteroatoms. The van der Waals surface area contributed by atoms with E-state index in [1.165, 1.54) is 11.8 Å². The Morgan fingerprint density at radius 3 is 3.05 bits per heavy atom. The normalized spacial score (nSPS) is 14.7. The number of hydrogen-bond acceptors (Lipinski definition) is 4. The fourth-order valence-corrected chi connectivity index (χ4v) is 3.23. The molecule has 0 aliphatic carbocycles. The summed E-state index contributed by atoms with van der Waals surface area (Å²) >= 11 is 1.27. The lowest BCUT2D eigenvalue weighted by Gasteiger charge is -2.13. The Bertz CT molecular complexity index is 652. The zero-order valence-electron chi connectivity index (χ0n) is 12.2. The number of rotatable bonds is 6. The minimum atomic E-state index is -0.0968. The van der Waals surface area contributed by atoms with Crippen molar-refractivity contribution >= 4 is 33.9 Å². The van der Waals surface area contributed by atoms with Crippen molar-refractivity contribution < 1.29 is 9.59 Å². The molecule has 2 amide bonds. The number of nitrogens with zero attached hydrogens (tertiary/aromatic N) is 2. The molecule has 1 saturated heterocycles. The number of nitrogens with one attached hydrogen (secondary N) is 2. The fraction of sp³-hybridized carbons (Fsp3) is 0.400. The maximum absolute atomic E-state index is 11.8. The first-order chi connectivity index (χ1) is 10.7. The Labute approximate surface area is 132 Å². The van der Waals surface area contributed by atoms with Gasteiger partial charge in [-0.05, 0) is 18.6 Å². The number of benzene rings is 1. The van der Waals surface area contributed by atoms with Crippen molar-refractivity contribution in [2.45, 2.75) is 12.8 Å². The highest BCUT2D eigenvalue weighted by atomic mass is 32.2. The number of aromatic amines is 1. The van der Waals surface area contributed by atoms with E-state index in [9.17, 15) is 9.59 Å². The summed E-state index contributed by atoms with van der Waals surface area (Å²) in [6.45, 7) is 1.41. The Hall–Kier alpha value is -2.02. The largest absolute Gasteiger partial charge is 0.355 e. The SMILES string of the molecule is O=C(CN1CCSC1=O)NCCCc1nc2ccccc2[nH]1. The molecule has 0 unspecified atom stereocenters. The molecule has 2 N–H and O–H groups in total. The number of aryl methyl sites for hydroxylation is 1. The van der Waals surface area contributed by atoms with Gasteiger partial charge >= 0.3 is 0 Å². The van der Waals surface area contributed by atoms with Crippen LogP contribution in [-0.4, -0.2) is 51.4 Å². The van der Waals surface area contributed by atoms with Crippen LogP contribution in [0.1, 0.15) is 12.2 Å². The lowest BCUT2D eigenvalue weighted by atomic mass is 10.3. The Kier molecular flexibility index (Phi) is 4.62. The highest BCUT2D eigenvalue weighted by Crippen LogP contribution is 2.16. The van der Waals surface area contributed by atoms with Crippen molar-refractivity contribution in [1.29, 1.82) is 0 Å². The van der Waals surface area contributed by atoms with E-state index in [0.717, 1.165) is 35.5 Å². The monoisotopic (exact) mass is 318 g/mol. The topological polar surface area (TPSA) is 78.1 Å². The van der Waals surface area contributed by atoms with Crippen LogP contribution in [0.3, 0.4) is 0 Å². The van der Waals surface area contributed by atoms with Gasteiger partial charge in [0.2, 0.25) is 5.91 Å². The average Bonchev–Trinajstić information content (AvgIpc) is 3.10. The van der Waals surface area contributed by atoms with E-state index in [2.05, 4.69) is 15.3 Å². The number of H-pyrrole nitrogens is 1. The highest BCUT2D eigenvalue weighted by Gasteiger charge is 2.22. The number of fused-ring (bicyclic) bond motifs is 1. The van der Waals surface area contributed by atoms with Gasteiger partial charge in [0, 0.05) is 25.3 Å². The third-order valence-electron chi connectivity index (χ3n) is 3.53. The highest BCUT2D eigenvalue weighted by molar-refractivity contribution is 8.13. The van der Waals surface area contributed by atoms with Crippen LogP contribution < -0.4 is 5.32 Å². The smallest absolute Gasteiger partial charge is 0.282 e. The number of imidazole rings is 1. The van der Waals surface area contributed by atoms with E-state index >= 15 is 0 Å². The predicted molar refractivity (Wildman–Crippen MR) is 86.9 cm³/mol. The Morgan fingerprint density at radius 2 is 2.27 bits per heavy atom. The molecule has 1 aliphatic rings. The molecule has 1 fully saturated rings. The Morgan fingerprint density at radius 1 is 1.41 bits per heavy atom. The number of hydrogen-bond donors (Lipinski definition) is 2. The standard InChI is InChI=1S/C15H18N4O2S/c20-14(10-19-8-9-22-15(19)21)16-7-3-6-13-17-11-4-1-2-5-12(11)18-13/h1-2,4-5H,3,6-10H2,(H,16,20)(H,17,18). The van der Waals surface area contributed by atoms with Gasteiger partial charge in [-0.1, -0.05) is 23.9 Å². The van der Waals surface area contributed by atoms with Gasteiger partial charge in [0.25, 0.3) is 5.24 Å². The molecule has 22 heavy (non-hydrogen) atoms. The van der Waals surface area contributed by atoms with Gasteiger partial charge in [0.1, 0.15) is 12.4 Å². The molecule has 0 spiro atoms. The molecular formula is C15H18N4O2S. The summed E-state index contributed by atoms with van der Waals surface area (Å²) < 4.78 is 0. The van der Waals surface area contributed by atoms with E-state index in [1.807, 2.05) is 24.3 Å². The van der Waals surface area contributed by atoms with Gasteiger partial charge < -0.3 is 15.2 Å². The molecule has 6 nitrogen and oxygen atoms in total. The molecule has 0 saturated carbocycles. The minimum absolute atomic E-state index is 0.00238. The Balaban J connectivity index is 1.39. The first-order valence-electron chi connectivity index (χ1n) is 7.34. The summed E-state index contributed by atoms with van der Waals surface area (Å²) in [5.41, 5.74) is 2.00. The van der Waals surface area contributed by atoms with Gasteiger partial charge in [0.15, 0.2) is 0 Å². The van der Waals surface area contributed by atoms with Crippen LogP contribution in [0.2, 0.25) is 0 Å². The van der Waals surface area contributed by atoms with Crippen molar-refractivity contribution in [2.24, 2.45) is 0 Å². The van der Waals surface area contributed by atoms with Gasteiger partial charge in [-0.2, -0.15) is 0 Å².